The number of halogens is 1. The molecule has 2 atom stereocenters. The van der Waals surface area contributed by atoms with Crippen molar-refractivity contribution in [3.8, 4) is 0 Å². The Morgan fingerprint density at radius 1 is 1.43 bits per heavy atom. The first kappa shape index (κ1) is 10.1. The third kappa shape index (κ3) is 1.23. The van der Waals surface area contributed by atoms with Crippen molar-refractivity contribution >= 4 is 25.8 Å². The Morgan fingerprint density at radius 3 is 2.71 bits per heavy atom. The van der Waals surface area contributed by atoms with Gasteiger partial charge in [-0.25, -0.2) is 8.42 Å². The Labute approximate surface area is 91.4 Å². The highest BCUT2D eigenvalue weighted by Crippen LogP contribution is 2.38. The minimum Gasteiger partial charge on any atom is -0.323 e. The smallest absolute Gasteiger partial charge is 0.183 e. The predicted octanol–water partition coefficient (Wildman–Crippen LogP) is 1.62. The van der Waals surface area contributed by atoms with Crippen molar-refractivity contribution in [2.75, 3.05) is 0 Å². The van der Waals surface area contributed by atoms with Crippen LogP contribution in [0.1, 0.15) is 18.5 Å². The van der Waals surface area contributed by atoms with Gasteiger partial charge in [-0.3, -0.25) is 0 Å². The lowest BCUT2D eigenvalue weighted by molar-refractivity contribution is 0.581. The predicted molar refractivity (Wildman–Crippen MR) is 57.7 cm³/mol. The molecule has 2 rings (SSSR count). The summed E-state index contributed by atoms with van der Waals surface area (Å²) >= 11 is 3.30. The fourth-order valence-electron chi connectivity index (χ4n) is 1.69. The average Bonchev–Trinajstić information content (AvgIpc) is 2.28. The molecule has 0 unspecified atom stereocenters. The van der Waals surface area contributed by atoms with Gasteiger partial charge < -0.3 is 5.73 Å². The lowest BCUT2D eigenvalue weighted by atomic mass is 10.1. The molecule has 1 aliphatic heterocycles. The van der Waals surface area contributed by atoms with E-state index in [1.807, 2.05) is 0 Å². The molecule has 1 heterocycles. The first-order valence-corrected chi connectivity index (χ1v) is 6.57. The van der Waals surface area contributed by atoms with E-state index in [0.717, 1.165) is 4.47 Å². The maximum atomic E-state index is 11.8. The van der Waals surface area contributed by atoms with Crippen LogP contribution in [0.25, 0.3) is 0 Å². The van der Waals surface area contributed by atoms with E-state index in [4.69, 9.17) is 5.73 Å². The Hall–Kier alpha value is -0.390. The van der Waals surface area contributed by atoms with Crippen molar-refractivity contribution in [3.05, 3.63) is 28.2 Å². The standard InChI is InChI=1S/C9H10BrNO2S/c1-5-9(11)7-4-6(10)2-3-8(7)14(5,12)13/h2-5,9H,11H2,1H3/t5-,9+/m0/s1. The van der Waals surface area contributed by atoms with Crippen LogP contribution in [-0.2, 0) is 9.84 Å². The monoisotopic (exact) mass is 275 g/mol. The summed E-state index contributed by atoms with van der Waals surface area (Å²) < 4.78 is 24.5. The Bertz CT molecular complexity index is 484. The van der Waals surface area contributed by atoms with Crippen molar-refractivity contribution in [1.82, 2.24) is 0 Å². The molecule has 0 aromatic heterocycles. The first-order valence-electron chi connectivity index (χ1n) is 4.23. The molecule has 0 spiro atoms. The topological polar surface area (TPSA) is 60.2 Å². The SMILES string of the molecule is C[C@H]1[C@@H](N)c2cc(Br)ccc2S1(=O)=O. The van der Waals surface area contributed by atoms with E-state index >= 15 is 0 Å². The van der Waals surface area contributed by atoms with E-state index in [9.17, 15) is 8.42 Å². The molecule has 0 saturated heterocycles. The van der Waals surface area contributed by atoms with Crippen molar-refractivity contribution in [2.45, 2.75) is 23.1 Å². The molecular weight excluding hydrogens is 266 g/mol. The molecule has 1 aromatic carbocycles. The summed E-state index contributed by atoms with van der Waals surface area (Å²) in [5, 5.41) is -0.521. The molecule has 14 heavy (non-hydrogen) atoms. The zero-order chi connectivity index (χ0) is 10.5. The molecule has 0 amide bonds. The van der Waals surface area contributed by atoms with Gasteiger partial charge in [0, 0.05) is 10.5 Å². The van der Waals surface area contributed by atoms with Crippen LogP contribution in [0, 0.1) is 0 Å². The van der Waals surface area contributed by atoms with Crippen molar-refractivity contribution in [2.24, 2.45) is 5.73 Å². The number of fused-ring (bicyclic) bond motifs is 1. The van der Waals surface area contributed by atoms with Crippen molar-refractivity contribution in [3.63, 3.8) is 0 Å². The maximum absolute atomic E-state index is 11.8. The summed E-state index contributed by atoms with van der Waals surface area (Å²) in [6, 6.07) is 4.70. The minimum atomic E-state index is -3.20. The quantitative estimate of drug-likeness (QED) is 0.783. The van der Waals surface area contributed by atoms with Gasteiger partial charge in [-0.15, -0.1) is 0 Å². The van der Waals surface area contributed by atoms with E-state index < -0.39 is 21.1 Å². The van der Waals surface area contributed by atoms with E-state index in [1.165, 1.54) is 0 Å². The van der Waals surface area contributed by atoms with Gasteiger partial charge in [-0.2, -0.15) is 0 Å². The van der Waals surface area contributed by atoms with Crippen LogP contribution < -0.4 is 5.73 Å². The molecule has 0 radical (unpaired) electrons. The average molecular weight is 276 g/mol. The van der Waals surface area contributed by atoms with Crippen LogP contribution >= 0.6 is 15.9 Å². The molecule has 3 nitrogen and oxygen atoms in total. The van der Waals surface area contributed by atoms with E-state index in [0.29, 0.717) is 10.5 Å². The first-order chi connectivity index (χ1) is 6.44. The number of benzene rings is 1. The van der Waals surface area contributed by atoms with Crippen LogP contribution in [0.3, 0.4) is 0 Å². The van der Waals surface area contributed by atoms with Gasteiger partial charge in [0.05, 0.1) is 10.1 Å². The fraction of sp³-hybridized carbons (Fsp3) is 0.333. The van der Waals surface area contributed by atoms with Gasteiger partial charge in [-0.1, -0.05) is 15.9 Å². The molecule has 76 valence electrons. The molecule has 1 aliphatic rings. The lowest BCUT2D eigenvalue weighted by Crippen LogP contribution is -2.23. The highest BCUT2D eigenvalue weighted by molar-refractivity contribution is 9.10. The normalized spacial score (nSPS) is 28.8. The molecule has 0 fully saturated rings. The number of hydrogen-bond acceptors (Lipinski definition) is 3. The van der Waals surface area contributed by atoms with E-state index in [1.54, 1.807) is 25.1 Å². The number of rotatable bonds is 0. The van der Waals surface area contributed by atoms with Crippen LogP contribution in [0.5, 0.6) is 0 Å². The van der Waals surface area contributed by atoms with Gasteiger partial charge in [-0.05, 0) is 30.7 Å². The summed E-state index contributed by atoms with van der Waals surface area (Å²) in [4.78, 5) is 0.376. The van der Waals surface area contributed by atoms with Crippen LogP contribution in [0.2, 0.25) is 0 Å². The van der Waals surface area contributed by atoms with Crippen molar-refractivity contribution in [1.29, 1.82) is 0 Å². The molecule has 1 aromatic rings. The van der Waals surface area contributed by atoms with Crippen LogP contribution in [0.4, 0.5) is 0 Å². The van der Waals surface area contributed by atoms with Crippen LogP contribution in [-0.4, -0.2) is 13.7 Å². The molecular formula is C9H10BrNO2S. The summed E-state index contributed by atoms with van der Waals surface area (Å²) in [6.07, 6.45) is 0. The summed E-state index contributed by atoms with van der Waals surface area (Å²) in [7, 11) is -3.20. The number of nitrogens with two attached hydrogens (primary N) is 1. The van der Waals surface area contributed by atoms with Gasteiger partial charge in [0.15, 0.2) is 9.84 Å². The number of sulfone groups is 1. The molecule has 0 bridgehead atoms. The molecule has 5 heteroatoms. The second-order valence-electron chi connectivity index (χ2n) is 3.46. The zero-order valence-electron chi connectivity index (χ0n) is 7.57. The summed E-state index contributed by atoms with van der Waals surface area (Å²) in [6.45, 7) is 1.65. The molecule has 0 aliphatic carbocycles. The largest absolute Gasteiger partial charge is 0.323 e. The second-order valence-corrected chi connectivity index (χ2v) is 6.65. The Kier molecular flexibility index (Phi) is 2.21. The van der Waals surface area contributed by atoms with E-state index in [2.05, 4.69) is 15.9 Å². The summed E-state index contributed by atoms with van der Waals surface area (Å²) in [5.41, 5.74) is 6.55. The third-order valence-electron chi connectivity index (χ3n) is 2.63. The van der Waals surface area contributed by atoms with Gasteiger partial charge >= 0.3 is 0 Å². The summed E-state index contributed by atoms with van der Waals surface area (Å²) in [5.74, 6) is 0. The maximum Gasteiger partial charge on any atom is 0.183 e. The second kappa shape index (κ2) is 3.05. The van der Waals surface area contributed by atoms with Crippen LogP contribution in [0.15, 0.2) is 27.6 Å². The van der Waals surface area contributed by atoms with E-state index in [-0.39, 0.29) is 0 Å². The van der Waals surface area contributed by atoms with Gasteiger partial charge in [0.2, 0.25) is 0 Å². The lowest BCUT2D eigenvalue weighted by Gasteiger charge is -2.07. The Morgan fingerprint density at radius 2 is 2.07 bits per heavy atom. The third-order valence-corrected chi connectivity index (χ3v) is 5.38. The zero-order valence-corrected chi connectivity index (χ0v) is 9.97. The van der Waals surface area contributed by atoms with Crippen molar-refractivity contribution < 1.29 is 8.42 Å². The minimum absolute atomic E-state index is 0.376. The van der Waals surface area contributed by atoms with Gasteiger partial charge in [0.1, 0.15) is 0 Å². The Balaban J connectivity index is 2.75. The number of hydrogen-bond donors (Lipinski definition) is 1. The fourth-order valence-corrected chi connectivity index (χ4v) is 3.78. The highest BCUT2D eigenvalue weighted by atomic mass is 79.9. The molecule has 0 saturated carbocycles. The molecule has 2 N–H and O–H groups in total. The van der Waals surface area contributed by atoms with Gasteiger partial charge in [0.25, 0.3) is 0 Å². The highest BCUT2D eigenvalue weighted by Gasteiger charge is 2.39.